The number of ether oxygens (including phenoxy) is 1. The molecule has 154 valence electrons. The molecular weight excluding hydrogens is 473 g/mol. The van der Waals surface area contributed by atoms with Gasteiger partial charge in [-0.1, -0.05) is 46.6 Å². The van der Waals surface area contributed by atoms with E-state index in [1.54, 1.807) is 42.5 Å². The lowest BCUT2D eigenvalue weighted by Crippen LogP contribution is -2.31. The minimum absolute atomic E-state index is 0.0106. The van der Waals surface area contributed by atoms with Gasteiger partial charge in [0.15, 0.2) is 6.61 Å². The molecule has 2 aromatic carbocycles. The Balaban J connectivity index is 1.39. The smallest absolute Gasteiger partial charge is 0.277 e. The molecular formula is C19H12Cl3N3O4S. The summed E-state index contributed by atoms with van der Waals surface area (Å²) in [5.74, 6) is -0.0324. The number of hydrogen-bond acceptors (Lipinski definition) is 7. The molecule has 30 heavy (non-hydrogen) atoms. The average Bonchev–Trinajstić information content (AvgIpc) is 3.26. The summed E-state index contributed by atoms with van der Waals surface area (Å²) < 4.78 is 11.1. The van der Waals surface area contributed by atoms with Crippen LogP contribution < -0.4 is 9.64 Å². The van der Waals surface area contributed by atoms with Crippen LogP contribution in [0, 0.1) is 0 Å². The fourth-order valence-electron chi connectivity index (χ4n) is 2.76. The molecule has 1 aromatic heterocycles. The van der Waals surface area contributed by atoms with E-state index < -0.39 is 5.25 Å². The topological polar surface area (TPSA) is 85.5 Å². The Morgan fingerprint density at radius 2 is 1.80 bits per heavy atom. The van der Waals surface area contributed by atoms with Crippen LogP contribution in [0.15, 0.2) is 52.1 Å². The van der Waals surface area contributed by atoms with E-state index in [-0.39, 0.29) is 36.0 Å². The highest BCUT2D eigenvalue weighted by molar-refractivity contribution is 8.00. The monoisotopic (exact) mass is 483 g/mol. The van der Waals surface area contributed by atoms with Gasteiger partial charge in [-0.15, -0.1) is 10.2 Å². The molecule has 7 nitrogen and oxygen atoms in total. The van der Waals surface area contributed by atoms with Gasteiger partial charge in [-0.05, 0) is 42.5 Å². The molecule has 1 atom stereocenters. The minimum Gasteiger partial charge on any atom is -0.482 e. The molecule has 0 N–H and O–H groups in total. The number of carbonyl (C=O) groups excluding carboxylic acids is 2. The third kappa shape index (κ3) is 4.57. The molecule has 3 aromatic rings. The van der Waals surface area contributed by atoms with Gasteiger partial charge in [0, 0.05) is 16.5 Å². The van der Waals surface area contributed by atoms with Crippen LogP contribution in [0.2, 0.25) is 15.1 Å². The predicted octanol–water partition coefficient (Wildman–Crippen LogP) is 5.03. The Morgan fingerprint density at radius 3 is 2.53 bits per heavy atom. The largest absolute Gasteiger partial charge is 0.482 e. The van der Waals surface area contributed by atoms with Gasteiger partial charge in [-0.3, -0.25) is 9.59 Å². The zero-order valence-electron chi connectivity index (χ0n) is 15.0. The summed E-state index contributed by atoms with van der Waals surface area (Å²) in [4.78, 5) is 26.2. The van der Waals surface area contributed by atoms with Gasteiger partial charge in [-0.25, -0.2) is 4.90 Å². The molecule has 2 amide bonds. The number of thioether (sulfide) groups is 1. The summed E-state index contributed by atoms with van der Waals surface area (Å²) in [6.07, 6.45) is 0.0285. The Kier molecular flexibility index (Phi) is 6.19. The highest BCUT2D eigenvalue weighted by Crippen LogP contribution is 2.34. The lowest BCUT2D eigenvalue weighted by Gasteiger charge is -2.14. The van der Waals surface area contributed by atoms with Crippen molar-refractivity contribution < 1.29 is 18.7 Å². The molecule has 0 aliphatic carbocycles. The van der Waals surface area contributed by atoms with Crippen LogP contribution in [0.25, 0.3) is 0 Å². The van der Waals surface area contributed by atoms with Crippen LogP contribution in [0.3, 0.4) is 0 Å². The first-order chi connectivity index (χ1) is 14.4. The van der Waals surface area contributed by atoms with Crippen LogP contribution in [0.4, 0.5) is 5.69 Å². The van der Waals surface area contributed by atoms with Crippen molar-refractivity contribution in [1.82, 2.24) is 10.2 Å². The van der Waals surface area contributed by atoms with Crippen LogP contribution in [0.5, 0.6) is 5.75 Å². The van der Waals surface area contributed by atoms with E-state index in [2.05, 4.69) is 10.2 Å². The second-order valence-electron chi connectivity index (χ2n) is 6.18. The van der Waals surface area contributed by atoms with Crippen LogP contribution in [-0.2, 0) is 16.2 Å². The number of rotatable bonds is 6. The highest BCUT2D eigenvalue weighted by atomic mass is 35.5. The van der Waals surface area contributed by atoms with Gasteiger partial charge in [0.1, 0.15) is 11.0 Å². The number of carbonyl (C=O) groups is 2. The van der Waals surface area contributed by atoms with Gasteiger partial charge in [0.2, 0.25) is 11.8 Å². The van der Waals surface area contributed by atoms with Gasteiger partial charge in [0.05, 0.1) is 10.7 Å². The van der Waals surface area contributed by atoms with E-state index in [1.165, 1.54) is 0 Å². The van der Waals surface area contributed by atoms with E-state index in [4.69, 9.17) is 44.0 Å². The zero-order chi connectivity index (χ0) is 21.3. The van der Waals surface area contributed by atoms with E-state index in [0.29, 0.717) is 26.5 Å². The number of anilines is 1. The van der Waals surface area contributed by atoms with Crippen molar-refractivity contribution in [3.05, 3.63) is 63.4 Å². The fraction of sp³-hybridized carbons (Fsp3) is 0.158. The molecule has 1 unspecified atom stereocenters. The first-order valence-corrected chi connectivity index (χ1v) is 10.6. The molecule has 0 radical (unpaired) electrons. The standard InChI is InChI=1S/C19H12Cl3N3O4S/c20-10-1-4-12(5-2-10)25-17(26)8-15(18(25)27)30-19-24-23-16(29-19)9-28-14-6-3-11(21)7-13(14)22/h1-7,15H,8-9H2. The second kappa shape index (κ2) is 8.85. The lowest BCUT2D eigenvalue weighted by molar-refractivity contribution is -0.121. The number of amides is 2. The zero-order valence-corrected chi connectivity index (χ0v) is 18.1. The van der Waals surface area contributed by atoms with Crippen molar-refractivity contribution >= 4 is 64.1 Å². The fourth-order valence-corrected chi connectivity index (χ4v) is 4.25. The van der Waals surface area contributed by atoms with Gasteiger partial charge < -0.3 is 9.15 Å². The molecule has 2 heterocycles. The van der Waals surface area contributed by atoms with Crippen LogP contribution in [0.1, 0.15) is 12.3 Å². The van der Waals surface area contributed by atoms with Gasteiger partial charge >= 0.3 is 0 Å². The third-order valence-electron chi connectivity index (χ3n) is 4.13. The van der Waals surface area contributed by atoms with Gasteiger partial charge in [-0.2, -0.15) is 0 Å². The second-order valence-corrected chi connectivity index (χ2v) is 8.61. The normalized spacial score (nSPS) is 16.4. The van der Waals surface area contributed by atoms with Gasteiger partial charge in [0.25, 0.3) is 11.1 Å². The van der Waals surface area contributed by atoms with E-state index in [0.717, 1.165) is 16.7 Å². The Bertz CT molecular complexity index is 1110. The summed E-state index contributed by atoms with van der Waals surface area (Å²) in [6, 6.07) is 11.3. The van der Waals surface area contributed by atoms with E-state index >= 15 is 0 Å². The predicted molar refractivity (Wildman–Crippen MR) is 113 cm³/mol. The maximum atomic E-state index is 12.7. The van der Waals surface area contributed by atoms with Crippen molar-refractivity contribution in [1.29, 1.82) is 0 Å². The molecule has 1 saturated heterocycles. The number of imide groups is 1. The number of nitrogens with zero attached hydrogens (tertiary/aromatic N) is 3. The molecule has 1 fully saturated rings. The summed E-state index contributed by atoms with van der Waals surface area (Å²) in [5, 5.41) is 8.68. The number of halogens is 3. The minimum atomic E-state index is -0.659. The van der Waals surface area contributed by atoms with Crippen LogP contribution in [-0.4, -0.2) is 27.3 Å². The van der Waals surface area contributed by atoms with Crippen molar-refractivity contribution in [2.75, 3.05) is 4.90 Å². The lowest BCUT2D eigenvalue weighted by atomic mass is 10.3. The SMILES string of the molecule is O=C1CC(Sc2nnc(COc3ccc(Cl)cc3Cl)o2)C(=O)N1c1ccc(Cl)cc1. The highest BCUT2D eigenvalue weighted by Gasteiger charge is 2.41. The van der Waals surface area contributed by atoms with Crippen LogP contribution >= 0.6 is 46.6 Å². The molecule has 0 bridgehead atoms. The van der Waals surface area contributed by atoms with E-state index in [9.17, 15) is 9.59 Å². The molecule has 1 aliphatic rings. The summed E-state index contributed by atoms with van der Waals surface area (Å²) in [6.45, 7) is -0.0106. The Hall–Kier alpha value is -2.26. The quantitative estimate of drug-likeness (QED) is 0.453. The Labute approximate surface area is 190 Å². The first-order valence-electron chi connectivity index (χ1n) is 8.60. The van der Waals surface area contributed by atoms with Crippen molar-refractivity contribution in [2.24, 2.45) is 0 Å². The molecule has 0 saturated carbocycles. The third-order valence-corrected chi connectivity index (χ3v) is 5.93. The van der Waals surface area contributed by atoms with E-state index in [1.807, 2.05) is 0 Å². The number of benzene rings is 2. The molecule has 4 rings (SSSR count). The number of aromatic nitrogens is 2. The average molecular weight is 485 g/mol. The molecule has 11 heteroatoms. The first kappa shape index (κ1) is 21.0. The summed E-state index contributed by atoms with van der Waals surface area (Å²) >= 11 is 18.8. The summed E-state index contributed by atoms with van der Waals surface area (Å²) in [7, 11) is 0. The molecule has 0 spiro atoms. The Morgan fingerprint density at radius 1 is 1.07 bits per heavy atom. The number of hydrogen-bond donors (Lipinski definition) is 0. The van der Waals surface area contributed by atoms with Crippen molar-refractivity contribution in [2.45, 2.75) is 23.5 Å². The van der Waals surface area contributed by atoms with Crippen molar-refractivity contribution in [3.63, 3.8) is 0 Å². The maximum Gasteiger partial charge on any atom is 0.277 e. The molecule has 1 aliphatic heterocycles. The summed E-state index contributed by atoms with van der Waals surface area (Å²) in [5.41, 5.74) is 0.469. The van der Waals surface area contributed by atoms with Crippen molar-refractivity contribution in [3.8, 4) is 5.75 Å². The maximum absolute atomic E-state index is 12.7.